The molecule has 2 heterocycles. The lowest BCUT2D eigenvalue weighted by Crippen LogP contribution is -2.04. The summed E-state index contributed by atoms with van der Waals surface area (Å²) >= 11 is 6.06. The first-order valence-corrected chi connectivity index (χ1v) is 9.74. The van der Waals surface area contributed by atoms with Crippen LogP contribution in [0, 0.1) is 0 Å². The third-order valence-electron chi connectivity index (χ3n) is 5.13. The molecule has 0 saturated heterocycles. The van der Waals surface area contributed by atoms with E-state index in [1.54, 1.807) is 7.11 Å². The number of hydrogen-bond acceptors (Lipinski definition) is 3. The lowest BCUT2D eigenvalue weighted by Gasteiger charge is -2.16. The molecular weight excluding hydrogens is 382 g/mol. The molecule has 5 heteroatoms. The molecule has 0 radical (unpaired) electrons. The molecule has 0 atom stereocenters. The van der Waals surface area contributed by atoms with Crippen molar-refractivity contribution in [1.82, 2.24) is 14.8 Å². The van der Waals surface area contributed by atoms with Crippen LogP contribution in [0.3, 0.4) is 0 Å². The van der Waals surface area contributed by atoms with Crippen LogP contribution in [0.15, 0.2) is 79.0 Å². The van der Waals surface area contributed by atoms with Gasteiger partial charge in [-0.3, -0.25) is 0 Å². The average molecular weight is 400 g/mol. The van der Waals surface area contributed by atoms with Crippen LogP contribution in [0.2, 0.25) is 5.02 Å². The number of ether oxygens (including phenoxy) is 1. The minimum Gasteiger partial charge on any atom is -0.497 e. The van der Waals surface area contributed by atoms with Crippen LogP contribution in [-0.4, -0.2) is 21.9 Å². The summed E-state index contributed by atoms with van der Waals surface area (Å²) in [5.74, 6) is 0.798. The number of halogens is 1. The van der Waals surface area contributed by atoms with Crippen molar-refractivity contribution in [2.45, 2.75) is 6.54 Å². The standard InChI is InChI=1S/C24H18ClN3O/c1-29-19-11-12-22-20(13-19)24-21(23(26-27-24)17-5-3-2-4-6-17)15-28(22)14-16-7-9-18(25)10-8-16/h2-13,15H,14H2,1H3. The van der Waals surface area contributed by atoms with Gasteiger partial charge in [-0.05, 0) is 35.9 Å². The Labute approximate surface area is 173 Å². The van der Waals surface area contributed by atoms with Crippen molar-refractivity contribution >= 4 is 22.5 Å². The van der Waals surface area contributed by atoms with Crippen molar-refractivity contribution in [3.8, 4) is 28.3 Å². The van der Waals surface area contributed by atoms with Gasteiger partial charge in [0.25, 0.3) is 0 Å². The first-order chi connectivity index (χ1) is 14.2. The molecule has 0 aliphatic carbocycles. The first-order valence-electron chi connectivity index (χ1n) is 9.36. The van der Waals surface area contributed by atoms with Crippen molar-refractivity contribution < 1.29 is 4.74 Å². The second kappa shape index (κ2) is 7.22. The van der Waals surface area contributed by atoms with Crippen LogP contribution in [0.25, 0.3) is 33.4 Å². The van der Waals surface area contributed by atoms with Gasteiger partial charge in [0.2, 0.25) is 0 Å². The van der Waals surface area contributed by atoms with Gasteiger partial charge in [0, 0.05) is 34.3 Å². The summed E-state index contributed by atoms with van der Waals surface area (Å²) in [5.41, 5.74) is 6.08. The second-order valence-electron chi connectivity index (χ2n) is 6.94. The SMILES string of the molecule is COc1ccc2c(c1)c1nnc(-c3ccccc3)c-1cn2Cc1ccc(Cl)cc1. The summed E-state index contributed by atoms with van der Waals surface area (Å²) in [6.45, 7) is 0.718. The number of rotatable bonds is 4. The number of aromatic nitrogens is 3. The maximum absolute atomic E-state index is 6.06. The fraction of sp³-hybridized carbons (Fsp3) is 0.0833. The topological polar surface area (TPSA) is 39.9 Å². The highest BCUT2D eigenvalue weighted by Crippen LogP contribution is 2.37. The van der Waals surface area contributed by atoms with Gasteiger partial charge in [0.15, 0.2) is 0 Å². The fourth-order valence-corrected chi connectivity index (χ4v) is 3.80. The van der Waals surface area contributed by atoms with Gasteiger partial charge in [-0.15, -0.1) is 10.2 Å². The summed E-state index contributed by atoms with van der Waals surface area (Å²) in [6, 6.07) is 24.2. The van der Waals surface area contributed by atoms with Gasteiger partial charge >= 0.3 is 0 Å². The van der Waals surface area contributed by atoms with Crippen molar-refractivity contribution in [2.24, 2.45) is 0 Å². The highest BCUT2D eigenvalue weighted by Gasteiger charge is 2.20. The van der Waals surface area contributed by atoms with Crippen LogP contribution in [0.1, 0.15) is 5.56 Å². The van der Waals surface area contributed by atoms with E-state index < -0.39 is 0 Å². The maximum atomic E-state index is 6.06. The van der Waals surface area contributed by atoms with Gasteiger partial charge in [0.1, 0.15) is 17.1 Å². The maximum Gasteiger partial charge on any atom is 0.119 e. The van der Waals surface area contributed by atoms with E-state index in [1.807, 2.05) is 42.5 Å². The van der Waals surface area contributed by atoms with Gasteiger partial charge < -0.3 is 9.30 Å². The van der Waals surface area contributed by atoms with E-state index in [0.717, 1.165) is 50.7 Å². The summed E-state index contributed by atoms with van der Waals surface area (Å²) in [7, 11) is 1.68. The number of hydrogen-bond donors (Lipinski definition) is 0. The Kier molecular flexibility index (Phi) is 4.41. The number of pyridine rings is 1. The zero-order valence-electron chi connectivity index (χ0n) is 15.8. The molecule has 0 amide bonds. The Morgan fingerprint density at radius 2 is 1.66 bits per heavy atom. The quantitative estimate of drug-likeness (QED) is 0.377. The van der Waals surface area contributed by atoms with Crippen molar-refractivity contribution in [3.05, 3.63) is 89.6 Å². The molecule has 2 aliphatic rings. The molecule has 2 aliphatic heterocycles. The predicted octanol–water partition coefficient (Wildman–Crippen LogP) is 5.91. The summed E-state index contributed by atoms with van der Waals surface area (Å²) in [4.78, 5) is 0. The normalized spacial score (nSPS) is 11.2. The molecule has 0 saturated carbocycles. The Hall–Kier alpha value is -3.37. The number of benzene rings is 3. The van der Waals surface area contributed by atoms with Gasteiger partial charge in [-0.25, -0.2) is 0 Å². The second-order valence-corrected chi connectivity index (χ2v) is 7.38. The summed E-state index contributed by atoms with van der Waals surface area (Å²) in [5, 5.41) is 10.8. The van der Waals surface area contributed by atoms with Gasteiger partial charge in [-0.1, -0.05) is 54.1 Å². The molecule has 0 aromatic heterocycles. The molecule has 0 spiro atoms. The molecule has 0 bridgehead atoms. The third kappa shape index (κ3) is 3.22. The Morgan fingerprint density at radius 3 is 2.41 bits per heavy atom. The molecule has 4 nitrogen and oxygen atoms in total. The number of fused-ring (bicyclic) bond motifs is 3. The zero-order valence-corrected chi connectivity index (χ0v) is 16.6. The fourth-order valence-electron chi connectivity index (χ4n) is 3.68. The lowest BCUT2D eigenvalue weighted by molar-refractivity contribution is 0.415. The molecule has 0 N–H and O–H groups in total. The lowest BCUT2D eigenvalue weighted by atomic mass is 10.0. The smallest absolute Gasteiger partial charge is 0.119 e. The minimum atomic E-state index is 0.718. The van der Waals surface area contributed by atoms with Crippen LogP contribution in [0.5, 0.6) is 5.75 Å². The van der Waals surface area contributed by atoms with Gasteiger partial charge in [0.05, 0.1) is 12.6 Å². The largest absolute Gasteiger partial charge is 0.497 e. The molecule has 0 unspecified atom stereocenters. The van der Waals surface area contributed by atoms with Crippen LogP contribution in [-0.2, 0) is 6.54 Å². The molecule has 0 fully saturated rings. The van der Waals surface area contributed by atoms with Crippen LogP contribution < -0.4 is 4.74 Å². The van der Waals surface area contributed by atoms with Crippen LogP contribution in [0.4, 0.5) is 0 Å². The van der Waals surface area contributed by atoms with Crippen molar-refractivity contribution in [2.75, 3.05) is 7.11 Å². The minimum absolute atomic E-state index is 0.718. The zero-order chi connectivity index (χ0) is 19.8. The van der Waals surface area contributed by atoms with E-state index >= 15 is 0 Å². The summed E-state index contributed by atoms with van der Waals surface area (Å²) in [6.07, 6.45) is 2.14. The molecule has 142 valence electrons. The highest BCUT2D eigenvalue weighted by atomic mass is 35.5. The predicted molar refractivity (Wildman–Crippen MR) is 117 cm³/mol. The van der Waals surface area contributed by atoms with E-state index in [-0.39, 0.29) is 0 Å². The number of methoxy groups -OCH3 is 1. The average Bonchev–Trinajstić information content (AvgIpc) is 3.19. The van der Waals surface area contributed by atoms with Crippen LogP contribution >= 0.6 is 11.6 Å². The van der Waals surface area contributed by atoms with Crippen molar-refractivity contribution in [3.63, 3.8) is 0 Å². The van der Waals surface area contributed by atoms with E-state index in [9.17, 15) is 0 Å². The first kappa shape index (κ1) is 17.7. The van der Waals surface area contributed by atoms with Crippen molar-refractivity contribution in [1.29, 1.82) is 0 Å². The van der Waals surface area contributed by atoms with E-state index in [0.29, 0.717) is 0 Å². The Morgan fingerprint density at radius 1 is 0.897 bits per heavy atom. The molecule has 3 aromatic carbocycles. The molecular formula is C24H18ClN3O. The Bertz CT molecular complexity index is 1260. The summed E-state index contributed by atoms with van der Waals surface area (Å²) < 4.78 is 7.69. The van der Waals surface area contributed by atoms with Gasteiger partial charge in [-0.2, -0.15) is 0 Å². The molecule has 3 aromatic rings. The monoisotopic (exact) mass is 399 g/mol. The molecule has 5 rings (SSSR count). The molecule has 29 heavy (non-hydrogen) atoms. The van der Waals surface area contributed by atoms with E-state index in [4.69, 9.17) is 16.3 Å². The van der Waals surface area contributed by atoms with E-state index in [1.165, 1.54) is 5.56 Å². The number of nitrogens with zero attached hydrogens (tertiary/aromatic N) is 3. The Balaban J connectivity index is 1.74. The van der Waals surface area contributed by atoms with E-state index in [2.05, 4.69) is 51.3 Å². The third-order valence-corrected chi connectivity index (χ3v) is 5.38. The highest BCUT2D eigenvalue weighted by molar-refractivity contribution is 6.30.